The van der Waals surface area contributed by atoms with Gasteiger partial charge < -0.3 is 0 Å². The minimum Gasteiger partial charge on any atom is -0.220 e. The smallest absolute Gasteiger partial charge is 0.0800 e. The standard InChI is InChI=1S/C13H17N3/c1-10(2)8-12-4-6-13(7-5-12)16-9-11(3)14-15-16/h4-7,9-10H,8H2,1-3H3. The predicted octanol–water partition coefficient (Wildman–Crippen LogP) is 2.77. The Kier molecular flexibility index (Phi) is 3.04. The fourth-order valence-electron chi connectivity index (χ4n) is 1.73. The molecule has 0 bridgehead atoms. The van der Waals surface area contributed by atoms with Gasteiger partial charge in [-0.3, -0.25) is 0 Å². The fourth-order valence-corrected chi connectivity index (χ4v) is 1.73. The quantitative estimate of drug-likeness (QED) is 0.788. The van der Waals surface area contributed by atoms with Gasteiger partial charge in [0.15, 0.2) is 0 Å². The van der Waals surface area contributed by atoms with Crippen molar-refractivity contribution in [2.24, 2.45) is 5.92 Å². The van der Waals surface area contributed by atoms with Crippen molar-refractivity contribution < 1.29 is 0 Å². The zero-order valence-corrected chi connectivity index (χ0v) is 10.0. The summed E-state index contributed by atoms with van der Waals surface area (Å²) >= 11 is 0. The Bertz CT molecular complexity index is 454. The minimum absolute atomic E-state index is 0.694. The van der Waals surface area contributed by atoms with Crippen LogP contribution in [-0.2, 0) is 6.42 Å². The second-order valence-corrected chi connectivity index (χ2v) is 4.57. The molecule has 1 aromatic heterocycles. The highest BCUT2D eigenvalue weighted by Crippen LogP contribution is 2.12. The molecule has 0 spiro atoms. The molecule has 0 saturated heterocycles. The second-order valence-electron chi connectivity index (χ2n) is 4.57. The van der Waals surface area contributed by atoms with Crippen molar-refractivity contribution in [3.63, 3.8) is 0 Å². The highest BCUT2D eigenvalue weighted by atomic mass is 15.4. The maximum atomic E-state index is 4.04. The molecule has 1 heterocycles. The molecule has 2 rings (SSSR count). The molecule has 16 heavy (non-hydrogen) atoms. The number of benzene rings is 1. The van der Waals surface area contributed by atoms with Crippen LogP contribution in [0.15, 0.2) is 30.5 Å². The molecule has 1 aromatic carbocycles. The summed E-state index contributed by atoms with van der Waals surface area (Å²) in [5.41, 5.74) is 3.37. The Morgan fingerprint density at radius 3 is 2.38 bits per heavy atom. The normalized spacial score (nSPS) is 11.0. The van der Waals surface area contributed by atoms with Gasteiger partial charge in [-0.1, -0.05) is 31.2 Å². The summed E-state index contributed by atoms with van der Waals surface area (Å²) < 4.78 is 1.80. The summed E-state index contributed by atoms with van der Waals surface area (Å²) in [6, 6.07) is 8.50. The van der Waals surface area contributed by atoms with E-state index in [1.807, 2.05) is 13.1 Å². The Hall–Kier alpha value is -1.64. The highest BCUT2D eigenvalue weighted by Gasteiger charge is 2.01. The van der Waals surface area contributed by atoms with Gasteiger partial charge in [0.05, 0.1) is 17.6 Å². The van der Waals surface area contributed by atoms with Gasteiger partial charge in [-0.25, -0.2) is 4.68 Å². The number of hydrogen-bond acceptors (Lipinski definition) is 2. The lowest BCUT2D eigenvalue weighted by Crippen LogP contribution is -1.97. The van der Waals surface area contributed by atoms with E-state index in [9.17, 15) is 0 Å². The van der Waals surface area contributed by atoms with E-state index in [1.54, 1.807) is 4.68 Å². The molecule has 0 saturated carbocycles. The first-order chi connectivity index (χ1) is 7.65. The molecular formula is C13H17N3. The lowest BCUT2D eigenvalue weighted by atomic mass is 10.0. The molecule has 0 aliphatic carbocycles. The van der Waals surface area contributed by atoms with Gasteiger partial charge in [-0.2, -0.15) is 0 Å². The monoisotopic (exact) mass is 215 g/mol. The maximum Gasteiger partial charge on any atom is 0.0800 e. The molecule has 0 atom stereocenters. The second kappa shape index (κ2) is 4.47. The van der Waals surface area contributed by atoms with Crippen LogP contribution in [0.25, 0.3) is 5.69 Å². The lowest BCUT2D eigenvalue weighted by Gasteiger charge is -2.06. The van der Waals surface area contributed by atoms with Crippen LogP contribution in [0, 0.1) is 12.8 Å². The van der Waals surface area contributed by atoms with E-state index in [0.717, 1.165) is 17.8 Å². The molecule has 0 unspecified atom stereocenters. The third kappa shape index (κ3) is 2.48. The van der Waals surface area contributed by atoms with E-state index in [2.05, 4.69) is 48.4 Å². The minimum atomic E-state index is 0.694. The molecule has 0 aliphatic heterocycles. The van der Waals surface area contributed by atoms with Gasteiger partial charge in [0, 0.05) is 0 Å². The first-order valence-electron chi connectivity index (χ1n) is 5.63. The molecule has 0 N–H and O–H groups in total. The number of hydrogen-bond donors (Lipinski definition) is 0. The maximum absolute atomic E-state index is 4.04. The first-order valence-corrected chi connectivity index (χ1v) is 5.63. The van der Waals surface area contributed by atoms with Crippen molar-refractivity contribution >= 4 is 0 Å². The first kappa shape index (κ1) is 10.9. The summed E-state index contributed by atoms with van der Waals surface area (Å²) in [5.74, 6) is 0.694. The summed E-state index contributed by atoms with van der Waals surface area (Å²) in [6.07, 6.45) is 3.05. The SMILES string of the molecule is Cc1cn(-c2ccc(CC(C)C)cc2)nn1. The van der Waals surface area contributed by atoms with Crippen LogP contribution >= 0.6 is 0 Å². The zero-order valence-electron chi connectivity index (χ0n) is 10.0. The Balaban J connectivity index is 2.19. The van der Waals surface area contributed by atoms with Crippen molar-refractivity contribution in [2.45, 2.75) is 27.2 Å². The number of aromatic nitrogens is 3. The van der Waals surface area contributed by atoms with Crippen LogP contribution in [0.3, 0.4) is 0 Å². The molecule has 0 amide bonds. The molecule has 0 fully saturated rings. The average molecular weight is 215 g/mol. The molecule has 3 nitrogen and oxygen atoms in total. The number of aryl methyl sites for hydroxylation is 1. The number of nitrogens with zero attached hydrogens (tertiary/aromatic N) is 3. The lowest BCUT2D eigenvalue weighted by molar-refractivity contribution is 0.647. The van der Waals surface area contributed by atoms with Crippen LogP contribution in [0.4, 0.5) is 0 Å². The van der Waals surface area contributed by atoms with E-state index in [0.29, 0.717) is 5.92 Å². The summed E-state index contributed by atoms with van der Waals surface area (Å²) in [4.78, 5) is 0. The van der Waals surface area contributed by atoms with E-state index in [4.69, 9.17) is 0 Å². The van der Waals surface area contributed by atoms with Gasteiger partial charge in [0.1, 0.15) is 0 Å². The summed E-state index contributed by atoms with van der Waals surface area (Å²) in [7, 11) is 0. The van der Waals surface area contributed by atoms with Crippen LogP contribution in [0.5, 0.6) is 0 Å². The van der Waals surface area contributed by atoms with Gasteiger partial charge in [0.2, 0.25) is 0 Å². The third-order valence-electron chi connectivity index (χ3n) is 2.45. The van der Waals surface area contributed by atoms with Crippen LogP contribution in [-0.4, -0.2) is 15.0 Å². The Morgan fingerprint density at radius 2 is 1.88 bits per heavy atom. The Morgan fingerprint density at radius 1 is 1.19 bits per heavy atom. The fraction of sp³-hybridized carbons (Fsp3) is 0.385. The van der Waals surface area contributed by atoms with Gasteiger partial charge in [0.25, 0.3) is 0 Å². The zero-order chi connectivity index (χ0) is 11.5. The number of rotatable bonds is 3. The Labute approximate surface area is 96.1 Å². The van der Waals surface area contributed by atoms with Gasteiger partial charge in [-0.05, 0) is 37.0 Å². The molecular weight excluding hydrogens is 198 g/mol. The van der Waals surface area contributed by atoms with E-state index >= 15 is 0 Å². The van der Waals surface area contributed by atoms with Crippen molar-refractivity contribution in [1.82, 2.24) is 15.0 Å². The van der Waals surface area contributed by atoms with Crippen LogP contribution in [0.2, 0.25) is 0 Å². The molecule has 2 aromatic rings. The van der Waals surface area contributed by atoms with Crippen molar-refractivity contribution in [3.8, 4) is 5.69 Å². The average Bonchev–Trinajstić information content (AvgIpc) is 2.65. The molecule has 0 aliphatic rings. The van der Waals surface area contributed by atoms with Crippen molar-refractivity contribution in [3.05, 3.63) is 41.7 Å². The van der Waals surface area contributed by atoms with E-state index < -0.39 is 0 Å². The molecule has 0 radical (unpaired) electrons. The molecule has 3 heteroatoms. The predicted molar refractivity (Wildman–Crippen MR) is 64.6 cm³/mol. The molecule has 84 valence electrons. The van der Waals surface area contributed by atoms with Crippen molar-refractivity contribution in [1.29, 1.82) is 0 Å². The van der Waals surface area contributed by atoms with E-state index in [1.165, 1.54) is 5.56 Å². The van der Waals surface area contributed by atoms with E-state index in [-0.39, 0.29) is 0 Å². The van der Waals surface area contributed by atoms with Crippen LogP contribution < -0.4 is 0 Å². The largest absolute Gasteiger partial charge is 0.220 e. The van der Waals surface area contributed by atoms with Gasteiger partial charge >= 0.3 is 0 Å². The highest BCUT2D eigenvalue weighted by molar-refractivity contribution is 5.33. The third-order valence-corrected chi connectivity index (χ3v) is 2.45. The van der Waals surface area contributed by atoms with Crippen molar-refractivity contribution in [2.75, 3.05) is 0 Å². The van der Waals surface area contributed by atoms with Crippen LogP contribution in [0.1, 0.15) is 25.1 Å². The summed E-state index contributed by atoms with van der Waals surface area (Å²) in [5, 5.41) is 8.02. The van der Waals surface area contributed by atoms with Gasteiger partial charge in [-0.15, -0.1) is 5.10 Å². The summed E-state index contributed by atoms with van der Waals surface area (Å²) in [6.45, 7) is 6.40. The topological polar surface area (TPSA) is 30.7 Å².